The fourth-order valence-electron chi connectivity index (χ4n) is 2.84. The molecular formula is C19H17N3O2S2. The van der Waals surface area contributed by atoms with Crippen LogP contribution in [0.4, 0.5) is 5.69 Å². The van der Waals surface area contributed by atoms with Crippen LogP contribution in [-0.4, -0.2) is 34.5 Å². The Morgan fingerprint density at radius 1 is 1.27 bits per heavy atom. The van der Waals surface area contributed by atoms with Gasteiger partial charge in [-0.1, -0.05) is 12.1 Å². The lowest BCUT2D eigenvalue weighted by atomic mass is 10.1. The highest BCUT2D eigenvalue weighted by Gasteiger charge is 2.18. The quantitative estimate of drug-likeness (QED) is 0.742. The molecule has 0 aliphatic carbocycles. The second-order valence-electron chi connectivity index (χ2n) is 6.09. The Morgan fingerprint density at radius 3 is 2.96 bits per heavy atom. The van der Waals surface area contributed by atoms with Crippen molar-refractivity contribution in [3.63, 3.8) is 0 Å². The monoisotopic (exact) mass is 383 g/mol. The number of carbonyl (C=O) groups excluding carboxylic acids is 2. The minimum absolute atomic E-state index is 0.0105. The molecule has 2 heterocycles. The van der Waals surface area contributed by atoms with Crippen molar-refractivity contribution in [1.82, 2.24) is 9.88 Å². The van der Waals surface area contributed by atoms with Gasteiger partial charge in [-0.2, -0.15) is 0 Å². The molecule has 1 aliphatic heterocycles. The molecule has 3 aromatic rings. The molecular weight excluding hydrogens is 366 g/mol. The van der Waals surface area contributed by atoms with E-state index in [9.17, 15) is 9.59 Å². The molecule has 1 aliphatic rings. The van der Waals surface area contributed by atoms with Crippen molar-refractivity contribution < 1.29 is 9.59 Å². The molecule has 5 nitrogen and oxygen atoms in total. The van der Waals surface area contributed by atoms with Crippen molar-refractivity contribution in [1.29, 1.82) is 0 Å². The van der Waals surface area contributed by atoms with Crippen LogP contribution in [-0.2, 0) is 11.3 Å². The van der Waals surface area contributed by atoms with Gasteiger partial charge in [0.25, 0.3) is 5.91 Å². The number of thioether (sulfide) groups is 1. The van der Waals surface area contributed by atoms with E-state index in [4.69, 9.17) is 0 Å². The number of rotatable bonds is 3. The molecule has 7 heteroatoms. The maximum atomic E-state index is 12.8. The summed E-state index contributed by atoms with van der Waals surface area (Å²) in [5, 5.41) is 3.79. The molecule has 132 valence electrons. The highest BCUT2D eigenvalue weighted by Crippen LogP contribution is 2.32. The Hall–Kier alpha value is -2.38. The van der Waals surface area contributed by atoms with Crippen molar-refractivity contribution in [2.24, 2.45) is 0 Å². The lowest BCUT2D eigenvalue weighted by Crippen LogP contribution is -2.26. The van der Waals surface area contributed by atoms with Crippen LogP contribution in [0.2, 0.25) is 0 Å². The van der Waals surface area contributed by atoms with E-state index in [1.54, 1.807) is 41.1 Å². The highest BCUT2D eigenvalue weighted by atomic mass is 32.2. The summed E-state index contributed by atoms with van der Waals surface area (Å²) in [6.45, 7) is 0.455. The lowest BCUT2D eigenvalue weighted by molar-refractivity contribution is -0.115. The summed E-state index contributed by atoms with van der Waals surface area (Å²) in [4.78, 5) is 31.8. The van der Waals surface area contributed by atoms with Gasteiger partial charge in [-0.3, -0.25) is 9.59 Å². The fourth-order valence-corrected chi connectivity index (χ4v) is 4.79. The van der Waals surface area contributed by atoms with E-state index < -0.39 is 0 Å². The van der Waals surface area contributed by atoms with E-state index in [-0.39, 0.29) is 11.8 Å². The summed E-state index contributed by atoms with van der Waals surface area (Å²) in [5.41, 5.74) is 2.24. The third-order valence-electron chi connectivity index (χ3n) is 4.14. The number of hydrogen-bond acceptors (Lipinski definition) is 5. The average Bonchev–Trinajstić information content (AvgIpc) is 2.94. The normalized spacial score (nSPS) is 13.8. The minimum atomic E-state index is -0.0875. The second kappa shape index (κ2) is 7.09. The van der Waals surface area contributed by atoms with Crippen molar-refractivity contribution in [2.75, 3.05) is 18.1 Å². The largest absolute Gasteiger partial charge is 0.335 e. The van der Waals surface area contributed by atoms with Crippen LogP contribution in [0.5, 0.6) is 0 Å². The van der Waals surface area contributed by atoms with Gasteiger partial charge in [0.2, 0.25) is 5.91 Å². The van der Waals surface area contributed by atoms with Crippen LogP contribution in [0.25, 0.3) is 10.2 Å². The predicted molar refractivity (Wildman–Crippen MR) is 106 cm³/mol. The van der Waals surface area contributed by atoms with Gasteiger partial charge in [-0.25, -0.2) is 4.98 Å². The number of benzene rings is 2. The van der Waals surface area contributed by atoms with Gasteiger partial charge in [0.05, 0.1) is 22.4 Å². The van der Waals surface area contributed by atoms with Crippen molar-refractivity contribution in [3.05, 3.63) is 53.0 Å². The third-order valence-corrected chi connectivity index (χ3v) is 6.24. The van der Waals surface area contributed by atoms with Crippen LogP contribution in [0, 0.1) is 0 Å². The van der Waals surface area contributed by atoms with Crippen molar-refractivity contribution >= 4 is 50.8 Å². The third kappa shape index (κ3) is 3.45. The number of nitrogens with zero attached hydrogens (tertiary/aromatic N) is 2. The Balaban J connectivity index is 1.54. The average molecular weight is 383 g/mol. The molecule has 0 unspecified atom stereocenters. The van der Waals surface area contributed by atoms with Gasteiger partial charge < -0.3 is 10.2 Å². The Kier molecular flexibility index (Phi) is 4.65. The zero-order valence-corrected chi connectivity index (χ0v) is 15.8. The van der Waals surface area contributed by atoms with E-state index in [0.29, 0.717) is 18.5 Å². The summed E-state index contributed by atoms with van der Waals surface area (Å²) in [6.07, 6.45) is 0.486. The predicted octanol–water partition coefficient (Wildman–Crippen LogP) is 4.00. The molecule has 4 rings (SSSR count). The van der Waals surface area contributed by atoms with Crippen molar-refractivity contribution in [3.8, 4) is 0 Å². The molecule has 0 bridgehead atoms. The van der Waals surface area contributed by atoms with Gasteiger partial charge in [-0.05, 0) is 30.3 Å². The van der Waals surface area contributed by atoms with Gasteiger partial charge in [0.1, 0.15) is 5.01 Å². The summed E-state index contributed by atoms with van der Waals surface area (Å²) in [7, 11) is 1.77. The number of aromatic nitrogens is 1. The van der Waals surface area contributed by atoms with Gasteiger partial charge in [-0.15, -0.1) is 23.1 Å². The number of thiazole rings is 1. The molecule has 26 heavy (non-hydrogen) atoms. The maximum Gasteiger partial charge on any atom is 0.254 e. The molecule has 2 amide bonds. The van der Waals surface area contributed by atoms with Crippen LogP contribution in [0.15, 0.2) is 47.4 Å². The van der Waals surface area contributed by atoms with E-state index in [1.807, 2.05) is 36.4 Å². The number of hydrogen-bond donors (Lipinski definition) is 1. The highest BCUT2D eigenvalue weighted by molar-refractivity contribution is 7.99. The van der Waals surface area contributed by atoms with Crippen LogP contribution in [0.1, 0.15) is 21.8 Å². The first-order valence-electron chi connectivity index (χ1n) is 8.27. The zero-order chi connectivity index (χ0) is 18.1. The Labute approximate surface area is 159 Å². The summed E-state index contributed by atoms with van der Waals surface area (Å²) in [6, 6.07) is 13.5. The molecule has 0 saturated heterocycles. The molecule has 1 aromatic heterocycles. The van der Waals surface area contributed by atoms with E-state index in [0.717, 1.165) is 31.6 Å². The number of carbonyl (C=O) groups is 2. The number of fused-ring (bicyclic) bond motifs is 2. The molecule has 0 atom stereocenters. The molecule has 0 radical (unpaired) electrons. The first-order valence-corrected chi connectivity index (χ1v) is 10.1. The molecule has 1 N–H and O–H groups in total. The van der Waals surface area contributed by atoms with Crippen LogP contribution < -0.4 is 5.32 Å². The Morgan fingerprint density at radius 2 is 2.12 bits per heavy atom. The van der Waals surface area contributed by atoms with Gasteiger partial charge in [0.15, 0.2) is 0 Å². The van der Waals surface area contributed by atoms with Gasteiger partial charge in [0, 0.05) is 29.7 Å². The molecule has 0 spiro atoms. The topological polar surface area (TPSA) is 62.3 Å². The first-order chi connectivity index (χ1) is 12.6. The van der Waals surface area contributed by atoms with Crippen LogP contribution >= 0.6 is 23.1 Å². The standard InChI is InChI=1S/C19H17N3O2S2/c1-22(11-18-21-13-4-2-3-5-16(13)26-18)19(24)12-6-7-15-14(10-12)20-17(23)8-9-25-15/h2-7,10H,8-9,11H2,1H3,(H,20,23). The minimum Gasteiger partial charge on any atom is -0.335 e. The summed E-state index contributed by atoms with van der Waals surface area (Å²) < 4.78 is 1.12. The SMILES string of the molecule is CN(Cc1nc2ccccc2s1)C(=O)c1ccc2c(c1)NC(=O)CCS2. The molecule has 0 fully saturated rings. The van der Waals surface area contributed by atoms with E-state index >= 15 is 0 Å². The van der Waals surface area contributed by atoms with Gasteiger partial charge >= 0.3 is 0 Å². The number of amides is 2. The Bertz CT molecular complexity index is 966. The number of anilines is 1. The van der Waals surface area contributed by atoms with E-state index in [1.165, 1.54) is 0 Å². The molecule has 2 aromatic carbocycles. The summed E-state index contributed by atoms with van der Waals surface area (Å²) in [5.74, 6) is 0.656. The second-order valence-corrected chi connectivity index (χ2v) is 8.35. The first kappa shape index (κ1) is 17.1. The van der Waals surface area contributed by atoms with E-state index in [2.05, 4.69) is 10.3 Å². The maximum absolute atomic E-state index is 12.8. The number of nitrogens with one attached hydrogen (secondary N) is 1. The summed E-state index contributed by atoms with van der Waals surface area (Å²) >= 11 is 3.23. The molecule has 0 saturated carbocycles. The smallest absolute Gasteiger partial charge is 0.254 e. The van der Waals surface area contributed by atoms with Crippen LogP contribution in [0.3, 0.4) is 0 Å². The fraction of sp³-hybridized carbons (Fsp3) is 0.211. The van der Waals surface area contributed by atoms with Crippen molar-refractivity contribution in [2.45, 2.75) is 17.9 Å². The lowest BCUT2D eigenvalue weighted by Gasteiger charge is -2.17. The zero-order valence-electron chi connectivity index (χ0n) is 14.2. The number of para-hydroxylation sites is 1.